The number of nitrogens with zero attached hydrogens (tertiary/aromatic N) is 5. The first-order valence-corrected chi connectivity index (χ1v) is 13.5. The molecule has 2 aromatic heterocycles. The van der Waals surface area contributed by atoms with Gasteiger partial charge in [0.25, 0.3) is 11.2 Å². The third kappa shape index (κ3) is 6.26. The van der Waals surface area contributed by atoms with E-state index in [2.05, 4.69) is 32.6 Å². The fraction of sp³-hybridized carbons (Fsp3) is 0.241. The molecule has 0 amide bonds. The predicted octanol–water partition coefficient (Wildman–Crippen LogP) is 6.78. The number of allylic oxidation sites excluding steroid dienone is 1. The molecule has 0 spiro atoms. The number of hydrogen-bond donors (Lipinski definition) is 0. The summed E-state index contributed by atoms with van der Waals surface area (Å²) in [6.45, 7) is 10.1. The fourth-order valence-corrected chi connectivity index (χ4v) is 4.35. The maximum absolute atomic E-state index is 13.5. The Morgan fingerprint density at radius 2 is 2.02 bits per heavy atom. The van der Waals surface area contributed by atoms with Gasteiger partial charge in [-0.2, -0.15) is 9.78 Å². The first kappa shape index (κ1) is 28.6. The molecular weight excluding hydrogens is 578 g/mol. The van der Waals surface area contributed by atoms with Crippen molar-refractivity contribution >= 4 is 38.7 Å². The first-order valence-electron chi connectivity index (χ1n) is 12.7. The number of fused-ring (bicyclic) bond motifs is 1. The van der Waals surface area contributed by atoms with E-state index in [0.717, 1.165) is 22.7 Å². The fourth-order valence-electron chi connectivity index (χ4n) is 3.99. The third-order valence-electron chi connectivity index (χ3n) is 6.17. The molecule has 1 atom stereocenters. The normalized spacial score (nSPS) is 12.0. The number of ether oxygens (including phenoxy) is 2. The maximum Gasteiger partial charge on any atom is 0.287 e. The Kier molecular flexibility index (Phi) is 9.05. The second-order valence-electron chi connectivity index (χ2n) is 8.95. The second-order valence-corrected chi connectivity index (χ2v) is 9.86. The van der Waals surface area contributed by atoms with Crippen molar-refractivity contribution in [3.63, 3.8) is 0 Å². The lowest BCUT2D eigenvalue weighted by molar-refractivity contribution is -0.385. The molecule has 0 bridgehead atoms. The quantitative estimate of drug-likeness (QED) is 0.0799. The van der Waals surface area contributed by atoms with Crippen LogP contribution in [-0.4, -0.2) is 32.4 Å². The molecule has 0 aliphatic carbocycles. The van der Waals surface area contributed by atoms with E-state index >= 15 is 0 Å². The minimum Gasteiger partial charge on any atom is -0.490 e. The van der Waals surface area contributed by atoms with Gasteiger partial charge in [0.1, 0.15) is 12.0 Å². The topological polar surface area (TPSA) is 122 Å². The molecule has 4 aromatic rings. The van der Waals surface area contributed by atoms with Crippen LogP contribution < -0.4 is 15.0 Å². The summed E-state index contributed by atoms with van der Waals surface area (Å²) in [7, 11) is 0. The highest BCUT2D eigenvalue weighted by molar-refractivity contribution is 9.10. The summed E-state index contributed by atoms with van der Waals surface area (Å²) in [6.07, 6.45) is 5.66. The summed E-state index contributed by atoms with van der Waals surface area (Å²) in [6, 6.07) is 11.8. The van der Waals surface area contributed by atoms with Crippen molar-refractivity contribution in [2.75, 3.05) is 6.61 Å². The van der Waals surface area contributed by atoms with E-state index in [-0.39, 0.29) is 23.0 Å². The molecule has 0 radical (unpaired) electrons. The van der Waals surface area contributed by atoms with Crippen molar-refractivity contribution in [1.82, 2.24) is 14.6 Å². The van der Waals surface area contributed by atoms with Gasteiger partial charge in [-0.25, -0.2) is 9.97 Å². The number of aromatic nitrogens is 3. The first-order chi connectivity index (χ1) is 19.2. The highest BCUT2D eigenvalue weighted by Crippen LogP contribution is 2.37. The van der Waals surface area contributed by atoms with Crippen molar-refractivity contribution in [3.8, 4) is 17.4 Å². The van der Waals surface area contributed by atoms with Gasteiger partial charge in [-0.05, 0) is 55.7 Å². The Morgan fingerprint density at radius 1 is 1.23 bits per heavy atom. The van der Waals surface area contributed by atoms with Crippen LogP contribution in [0.25, 0.3) is 10.9 Å². The lowest BCUT2D eigenvalue weighted by atomic mass is 10.1. The van der Waals surface area contributed by atoms with Crippen LogP contribution in [0.2, 0.25) is 0 Å². The van der Waals surface area contributed by atoms with Crippen molar-refractivity contribution in [1.29, 1.82) is 0 Å². The summed E-state index contributed by atoms with van der Waals surface area (Å²) in [5.74, 6) is 1.59. The number of halogens is 1. The van der Waals surface area contributed by atoms with Crippen LogP contribution in [0.15, 0.2) is 75.7 Å². The Balaban J connectivity index is 1.80. The van der Waals surface area contributed by atoms with E-state index in [4.69, 9.17) is 14.5 Å². The largest absolute Gasteiger partial charge is 0.490 e. The lowest BCUT2D eigenvalue weighted by Gasteiger charge is -2.16. The van der Waals surface area contributed by atoms with Gasteiger partial charge in [0.15, 0.2) is 11.5 Å². The van der Waals surface area contributed by atoms with E-state index in [0.29, 0.717) is 46.8 Å². The number of hydrogen-bond acceptors (Lipinski definition) is 8. The van der Waals surface area contributed by atoms with E-state index in [9.17, 15) is 14.9 Å². The monoisotopic (exact) mass is 605 g/mol. The van der Waals surface area contributed by atoms with Crippen molar-refractivity contribution in [3.05, 3.63) is 103 Å². The molecule has 0 fully saturated rings. The van der Waals surface area contributed by atoms with Gasteiger partial charge in [0, 0.05) is 28.1 Å². The average Bonchev–Trinajstić information content (AvgIpc) is 2.94. The molecule has 40 heavy (non-hydrogen) atoms. The molecular formula is C29H28BrN5O5. The van der Waals surface area contributed by atoms with Crippen LogP contribution >= 0.6 is 15.9 Å². The summed E-state index contributed by atoms with van der Waals surface area (Å²) in [5, 5.41) is 16.0. The van der Waals surface area contributed by atoms with Gasteiger partial charge in [-0.1, -0.05) is 35.9 Å². The van der Waals surface area contributed by atoms with Crippen LogP contribution in [-0.2, 0) is 6.42 Å². The molecule has 206 valence electrons. The molecule has 0 saturated carbocycles. The summed E-state index contributed by atoms with van der Waals surface area (Å²) in [4.78, 5) is 32.7. The van der Waals surface area contributed by atoms with Crippen molar-refractivity contribution < 1.29 is 14.4 Å². The Labute approximate surface area is 239 Å². The van der Waals surface area contributed by atoms with Crippen molar-refractivity contribution in [2.24, 2.45) is 5.10 Å². The van der Waals surface area contributed by atoms with Crippen LogP contribution in [0.1, 0.15) is 50.1 Å². The van der Waals surface area contributed by atoms with Crippen LogP contribution in [0.3, 0.4) is 0 Å². The van der Waals surface area contributed by atoms with Gasteiger partial charge in [-0.15, -0.1) is 6.58 Å². The lowest BCUT2D eigenvalue weighted by Crippen LogP contribution is -2.23. The third-order valence-corrected chi connectivity index (χ3v) is 6.66. The zero-order valence-corrected chi connectivity index (χ0v) is 23.9. The van der Waals surface area contributed by atoms with E-state index in [1.165, 1.54) is 16.8 Å². The van der Waals surface area contributed by atoms with Gasteiger partial charge >= 0.3 is 0 Å². The highest BCUT2D eigenvalue weighted by Gasteiger charge is 2.18. The Morgan fingerprint density at radius 3 is 2.67 bits per heavy atom. The molecule has 4 rings (SSSR count). The van der Waals surface area contributed by atoms with E-state index in [1.54, 1.807) is 24.4 Å². The number of rotatable bonds is 11. The van der Waals surface area contributed by atoms with Crippen LogP contribution in [0.4, 0.5) is 5.69 Å². The standard InChI is InChI=1S/C29H28BrN5O5/c1-5-8-20-13-19(14-25(39-7-3)27(20)40-26-12-10-22(17-31-26)35(37)38)16-32-34-28(18(4)6-2)33-24-11-9-21(30)15-23(24)29(34)36/h5,9-18H,1,6-8H2,2-4H3/t18-/m1/s1. The second kappa shape index (κ2) is 12.6. The summed E-state index contributed by atoms with van der Waals surface area (Å²) in [5.41, 5.74) is 1.61. The minimum absolute atomic E-state index is 0.00168. The molecule has 10 nitrogen and oxygen atoms in total. The molecule has 2 heterocycles. The average molecular weight is 606 g/mol. The summed E-state index contributed by atoms with van der Waals surface area (Å²) < 4.78 is 14.0. The SMILES string of the molecule is C=CCc1cc(C=Nn2c([C@H](C)CC)nc3ccc(Br)cc3c2=O)cc(OCC)c1Oc1ccc([N+](=O)[O-])cn1. The maximum atomic E-state index is 13.5. The number of benzene rings is 2. The predicted molar refractivity (Wildman–Crippen MR) is 158 cm³/mol. The van der Waals surface area contributed by atoms with Gasteiger partial charge in [0.05, 0.1) is 28.6 Å². The summed E-state index contributed by atoms with van der Waals surface area (Å²) >= 11 is 3.43. The van der Waals surface area contributed by atoms with Gasteiger partial charge < -0.3 is 9.47 Å². The molecule has 0 aliphatic rings. The Hall–Kier alpha value is -4.38. The molecule has 2 aromatic carbocycles. The number of pyridine rings is 1. The molecule has 0 saturated heterocycles. The highest BCUT2D eigenvalue weighted by atomic mass is 79.9. The van der Waals surface area contributed by atoms with Gasteiger partial charge in [0.2, 0.25) is 5.88 Å². The van der Waals surface area contributed by atoms with Crippen molar-refractivity contribution in [2.45, 2.75) is 39.5 Å². The zero-order valence-electron chi connectivity index (χ0n) is 22.3. The smallest absolute Gasteiger partial charge is 0.287 e. The van der Waals surface area contributed by atoms with Gasteiger partial charge in [-0.3, -0.25) is 14.9 Å². The van der Waals surface area contributed by atoms with E-state index < -0.39 is 4.92 Å². The van der Waals surface area contributed by atoms with Crippen LogP contribution in [0.5, 0.6) is 17.4 Å². The molecule has 0 unspecified atom stereocenters. The zero-order chi connectivity index (χ0) is 28.8. The molecule has 11 heteroatoms. The molecule has 0 N–H and O–H groups in total. The Bertz CT molecular complexity index is 1650. The number of nitro groups is 1. The molecule has 0 aliphatic heterocycles. The van der Waals surface area contributed by atoms with Crippen LogP contribution in [0, 0.1) is 10.1 Å². The van der Waals surface area contributed by atoms with E-state index in [1.807, 2.05) is 39.0 Å². The minimum atomic E-state index is -0.526.